The van der Waals surface area contributed by atoms with Gasteiger partial charge in [-0.15, -0.1) is 24.0 Å². The number of halogens is 1. The lowest BCUT2D eigenvalue weighted by molar-refractivity contribution is 0.293. The molecular weight excluding hydrogens is 421 g/mol. The smallest absolute Gasteiger partial charge is 0.193 e. The monoisotopic (exact) mass is 449 g/mol. The number of hydrogen-bond donors (Lipinski definition) is 1. The zero-order chi connectivity index (χ0) is 15.4. The first-order chi connectivity index (χ1) is 10.7. The lowest BCUT2D eigenvalue weighted by Gasteiger charge is -2.45. The molecule has 23 heavy (non-hydrogen) atoms. The van der Waals surface area contributed by atoms with Gasteiger partial charge in [0.2, 0.25) is 0 Å². The third kappa shape index (κ3) is 4.78. The molecule has 1 saturated carbocycles. The van der Waals surface area contributed by atoms with E-state index < -0.39 is 0 Å². The average Bonchev–Trinajstić information content (AvgIpc) is 2.94. The summed E-state index contributed by atoms with van der Waals surface area (Å²) in [5.41, 5.74) is 1.20. The second-order valence-electron chi connectivity index (χ2n) is 6.44. The van der Waals surface area contributed by atoms with Crippen LogP contribution in [0.2, 0.25) is 0 Å². The van der Waals surface area contributed by atoms with E-state index in [0.29, 0.717) is 4.75 Å². The number of nitrogens with one attached hydrogen (secondary N) is 1. The first-order valence-electron chi connectivity index (χ1n) is 8.28. The molecule has 1 aromatic heterocycles. The molecule has 0 atom stereocenters. The summed E-state index contributed by atoms with van der Waals surface area (Å²) in [5.74, 6) is 2.25. The van der Waals surface area contributed by atoms with Gasteiger partial charge in [-0.1, -0.05) is 19.3 Å². The summed E-state index contributed by atoms with van der Waals surface area (Å²) >= 11 is 2.20. The molecule has 1 aliphatic heterocycles. The van der Waals surface area contributed by atoms with Gasteiger partial charge in [0.1, 0.15) is 0 Å². The second-order valence-corrected chi connectivity index (χ2v) is 8.00. The lowest BCUT2D eigenvalue weighted by Crippen LogP contribution is -2.53. The fourth-order valence-electron chi connectivity index (χ4n) is 3.60. The SMILES string of the molecule is CN=C(NCc1cnn(C)c1)N1CCSC2(CCCCC2)C1.I. The summed E-state index contributed by atoms with van der Waals surface area (Å²) in [4.78, 5) is 6.96. The van der Waals surface area contributed by atoms with Crippen LogP contribution in [-0.4, -0.2) is 51.3 Å². The summed E-state index contributed by atoms with van der Waals surface area (Å²) in [6.07, 6.45) is 10.9. The Balaban J connectivity index is 0.00000192. The molecule has 0 amide bonds. The molecule has 0 unspecified atom stereocenters. The van der Waals surface area contributed by atoms with Crippen LogP contribution in [0.15, 0.2) is 17.4 Å². The maximum Gasteiger partial charge on any atom is 0.193 e. The molecule has 2 heterocycles. The number of rotatable bonds is 2. The molecular formula is C16H28IN5S. The predicted octanol–water partition coefficient (Wildman–Crippen LogP) is 2.87. The maximum atomic E-state index is 4.51. The van der Waals surface area contributed by atoms with Crippen molar-refractivity contribution in [1.82, 2.24) is 20.0 Å². The molecule has 1 saturated heterocycles. The standard InChI is InChI=1S/C16H27N5S.HI/c1-17-15(18-10-14-11-19-20(2)12-14)21-8-9-22-16(13-21)6-4-3-5-7-16;/h11-12H,3-10,13H2,1-2H3,(H,17,18);1H. The highest BCUT2D eigenvalue weighted by Gasteiger charge is 2.38. The van der Waals surface area contributed by atoms with E-state index in [0.717, 1.165) is 25.6 Å². The van der Waals surface area contributed by atoms with E-state index >= 15 is 0 Å². The zero-order valence-corrected chi connectivity index (χ0v) is 17.3. The van der Waals surface area contributed by atoms with Gasteiger partial charge in [0.25, 0.3) is 0 Å². The van der Waals surface area contributed by atoms with E-state index in [9.17, 15) is 0 Å². The molecule has 1 spiro atoms. The van der Waals surface area contributed by atoms with Crippen molar-refractivity contribution in [3.63, 3.8) is 0 Å². The largest absolute Gasteiger partial charge is 0.352 e. The number of aromatic nitrogens is 2. The molecule has 0 bridgehead atoms. The quantitative estimate of drug-likeness (QED) is 0.429. The summed E-state index contributed by atoms with van der Waals surface area (Å²) < 4.78 is 2.32. The highest BCUT2D eigenvalue weighted by molar-refractivity contribution is 14.0. The van der Waals surface area contributed by atoms with Crippen molar-refractivity contribution in [2.24, 2.45) is 12.0 Å². The van der Waals surface area contributed by atoms with Gasteiger partial charge in [0.15, 0.2) is 5.96 Å². The number of aliphatic imine (C=N–C) groups is 1. The van der Waals surface area contributed by atoms with Crippen molar-refractivity contribution >= 4 is 41.7 Å². The van der Waals surface area contributed by atoms with E-state index in [2.05, 4.69) is 38.3 Å². The van der Waals surface area contributed by atoms with Crippen LogP contribution in [0.5, 0.6) is 0 Å². The van der Waals surface area contributed by atoms with Crippen LogP contribution < -0.4 is 5.32 Å². The van der Waals surface area contributed by atoms with Crippen LogP contribution in [0.25, 0.3) is 0 Å². The van der Waals surface area contributed by atoms with E-state index in [1.807, 2.05) is 25.0 Å². The number of guanidine groups is 1. The van der Waals surface area contributed by atoms with Gasteiger partial charge in [-0.2, -0.15) is 16.9 Å². The Kier molecular flexibility index (Phi) is 7.06. The van der Waals surface area contributed by atoms with E-state index in [-0.39, 0.29) is 24.0 Å². The Hall–Kier alpha value is -0.440. The van der Waals surface area contributed by atoms with Gasteiger partial charge in [-0.25, -0.2) is 0 Å². The molecule has 1 aromatic rings. The van der Waals surface area contributed by atoms with Crippen LogP contribution in [0.1, 0.15) is 37.7 Å². The van der Waals surface area contributed by atoms with Gasteiger partial charge in [0.05, 0.1) is 6.20 Å². The number of thioether (sulfide) groups is 1. The number of aryl methyl sites for hydroxylation is 1. The van der Waals surface area contributed by atoms with Crippen LogP contribution in [0.3, 0.4) is 0 Å². The number of nitrogens with zero attached hydrogens (tertiary/aromatic N) is 4. The molecule has 0 aromatic carbocycles. The Bertz CT molecular complexity index is 519. The highest BCUT2D eigenvalue weighted by Crippen LogP contribution is 2.42. The summed E-state index contributed by atoms with van der Waals surface area (Å²) in [6.45, 7) is 3.03. The van der Waals surface area contributed by atoms with Crippen molar-refractivity contribution in [2.75, 3.05) is 25.9 Å². The molecule has 1 N–H and O–H groups in total. The Morgan fingerprint density at radius 3 is 2.83 bits per heavy atom. The van der Waals surface area contributed by atoms with Gasteiger partial charge < -0.3 is 10.2 Å². The van der Waals surface area contributed by atoms with Gasteiger partial charge in [-0.3, -0.25) is 9.67 Å². The van der Waals surface area contributed by atoms with E-state index in [4.69, 9.17) is 0 Å². The molecule has 130 valence electrons. The molecule has 7 heteroatoms. The maximum absolute atomic E-state index is 4.51. The minimum Gasteiger partial charge on any atom is -0.352 e. The molecule has 1 aliphatic carbocycles. The molecule has 5 nitrogen and oxygen atoms in total. The average molecular weight is 449 g/mol. The van der Waals surface area contributed by atoms with Crippen LogP contribution in [-0.2, 0) is 13.6 Å². The first kappa shape index (κ1) is 18.9. The summed E-state index contributed by atoms with van der Waals surface area (Å²) in [6, 6.07) is 0. The third-order valence-corrected chi connectivity index (χ3v) is 6.27. The third-order valence-electron chi connectivity index (χ3n) is 4.73. The van der Waals surface area contributed by atoms with Crippen LogP contribution in [0.4, 0.5) is 0 Å². The van der Waals surface area contributed by atoms with E-state index in [1.165, 1.54) is 43.4 Å². The Morgan fingerprint density at radius 1 is 1.39 bits per heavy atom. The zero-order valence-electron chi connectivity index (χ0n) is 14.1. The first-order valence-corrected chi connectivity index (χ1v) is 9.26. The Morgan fingerprint density at radius 2 is 2.17 bits per heavy atom. The number of hydrogen-bond acceptors (Lipinski definition) is 3. The van der Waals surface area contributed by atoms with Crippen molar-refractivity contribution in [3.8, 4) is 0 Å². The molecule has 0 radical (unpaired) electrons. The summed E-state index contributed by atoms with van der Waals surface area (Å²) in [5, 5.41) is 7.73. The molecule has 2 aliphatic rings. The van der Waals surface area contributed by atoms with Crippen molar-refractivity contribution in [2.45, 2.75) is 43.4 Å². The second kappa shape index (κ2) is 8.60. The predicted molar refractivity (Wildman–Crippen MR) is 109 cm³/mol. The normalized spacial score (nSPS) is 21.1. The molecule has 2 fully saturated rings. The minimum absolute atomic E-state index is 0. The van der Waals surface area contributed by atoms with Gasteiger partial charge in [-0.05, 0) is 12.8 Å². The highest BCUT2D eigenvalue weighted by atomic mass is 127. The fraction of sp³-hybridized carbons (Fsp3) is 0.750. The fourth-order valence-corrected chi connectivity index (χ4v) is 5.17. The lowest BCUT2D eigenvalue weighted by atomic mass is 9.87. The summed E-state index contributed by atoms with van der Waals surface area (Å²) in [7, 11) is 3.84. The molecule has 3 rings (SSSR count). The van der Waals surface area contributed by atoms with Gasteiger partial charge in [0, 0.05) is 56.0 Å². The van der Waals surface area contributed by atoms with Crippen molar-refractivity contribution < 1.29 is 0 Å². The van der Waals surface area contributed by atoms with E-state index in [1.54, 1.807) is 0 Å². The van der Waals surface area contributed by atoms with Crippen molar-refractivity contribution in [1.29, 1.82) is 0 Å². The van der Waals surface area contributed by atoms with Crippen LogP contribution >= 0.6 is 35.7 Å². The topological polar surface area (TPSA) is 45.5 Å². The van der Waals surface area contributed by atoms with Crippen LogP contribution in [0, 0.1) is 0 Å². The minimum atomic E-state index is 0. The van der Waals surface area contributed by atoms with Crippen molar-refractivity contribution in [3.05, 3.63) is 18.0 Å². The Labute approximate surface area is 160 Å². The van der Waals surface area contributed by atoms with Gasteiger partial charge >= 0.3 is 0 Å².